The topological polar surface area (TPSA) is 51.2 Å². The number of benzene rings is 2. The molecule has 0 aliphatic rings. The number of rotatable bonds is 5. The molecule has 3 rings (SSSR count). The fourth-order valence-electron chi connectivity index (χ4n) is 2.39. The van der Waals surface area contributed by atoms with Crippen molar-refractivity contribution in [3.63, 3.8) is 0 Å². The lowest BCUT2D eigenvalue weighted by Crippen LogP contribution is -2.20. The van der Waals surface area contributed by atoms with Crippen molar-refractivity contribution in [3.8, 4) is 5.75 Å². The zero-order valence-corrected chi connectivity index (χ0v) is 14.0. The van der Waals surface area contributed by atoms with Gasteiger partial charge in [0.15, 0.2) is 6.61 Å². The zero-order chi connectivity index (χ0) is 16.9. The molecule has 24 heavy (non-hydrogen) atoms. The van der Waals surface area contributed by atoms with Crippen molar-refractivity contribution >= 4 is 34.1 Å². The van der Waals surface area contributed by atoms with Crippen LogP contribution in [0.3, 0.4) is 0 Å². The van der Waals surface area contributed by atoms with Crippen LogP contribution in [0.1, 0.15) is 12.5 Å². The zero-order valence-electron chi connectivity index (χ0n) is 13.3. The van der Waals surface area contributed by atoms with E-state index in [1.54, 1.807) is 18.3 Å². The minimum atomic E-state index is -0.224. The van der Waals surface area contributed by atoms with Gasteiger partial charge in [0, 0.05) is 17.3 Å². The molecule has 0 aliphatic heterocycles. The SMILES string of the molecule is CCc1ccc(NC(=O)COc2ccc(Cl)c3cccnc23)cc1. The molecule has 0 atom stereocenters. The minimum absolute atomic E-state index is 0.0944. The summed E-state index contributed by atoms with van der Waals surface area (Å²) in [6.07, 6.45) is 2.63. The normalized spacial score (nSPS) is 10.6. The minimum Gasteiger partial charge on any atom is -0.481 e. The number of aryl methyl sites for hydroxylation is 1. The number of aromatic nitrogens is 1. The summed E-state index contributed by atoms with van der Waals surface area (Å²) in [5, 5.41) is 4.21. The number of amides is 1. The quantitative estimate of drug-likeness (QED) is 0.745. The first-order valence-electron chi connectivity index (χ1n) is 7.72. The van der Waals surface area contributed by atoms with Gasteiger partial charge in [-0.15, -0.1) is 0 Å². The highest BCUT2D eigenvalue weighted by atomic mass is 35.5. The van der Waals surface area contributed by atoms with Crippen LogP contribution in [0, 0.1) is 0 Å². The number of nitrogens with zero attached hydrogens (tertiary/aromatic N) is 1. The predicted molar refractivity (Wildman–Crippen MR) is 96.7 cm³/mol. The Morgan fingerprint density at radius 2 is 1.96 bits per heavy atom. The molecule has 1 amide bonds. The van der Waals surface area contributed by atoms with E-state index in [4.69, 9.17) is 16.3 Å². The number of anilines is 1. The molecule has 0 aliphatic carbocycles. The Bertz CT molecular complexity index is 863. The number of hydrogen-bond donors (Lipinski definition) is 1. The number of fused-ring (bicyclic) bond motifs is 1. The van der Waals surface area contributed by atoms with Crippen LogP contribution in [0.4, 0.5) is 5.69 Å². The fraction of sp³-hybridized carbons (Fsp3) is 0.158. The average Bonchev–Trinajstić information content (AvgIpc) is 2.62. The van der Waals surface area contributed by atoms with Gasteiger partial charge >= 0.3 is 0 Å². The molecular formula is C19H17ClN2O2. The number of halogens is 1. The maximum Gasteiger partial charge on any atom is 0.262 e. The van der Waals surface area contributed by atoms with Gasteiger partial charge in [-0.3, -0.25) is 9.78 Å². The van der Waals surface area contributed by atoms with E-state index in [2.05, 4.69) is 17.2 Å². The summed E-state index contributed by atoms with van der Waals surface area (Å²) in [5.74, 6) is 0.310. The van der Waals surface area contributed by atoms with Crippen molar-refractivity contribution in [1.29, 1.82) is 0 Å². The van der Waals surface area contributed by atoms with Gasteiger partial charge in [0.05, 0.1) is 5.02 Å². The van der Waals surface area contributed by atoms with Crippen molar-refractivity contribution in [3.05, 3.63) is 65.3 Å². The molecule has 0 saturated heterocycles. The van der Waals surface area contributed by atoms with E-state index in [0.717, 1.165) is 17.5 Å². The summed E-state index contributed by atoms with van der Waals surface area (Å²) in [5.41, 5.74) is 2.62. The second kappa shape index (κ2) is 7.32. The fourth-order valence-corrected chi connectivity index (χ4v) is 2.61. The van der Waals surface area contributed by atoms with Gasteiger partial charge in [-0.1, -0.05) is 30.7 Å². The van der Waals surface area contributed by atoms with E-state index in [1.165, 1.54) is 5.56 Å². The van der Waals surface area contributed by atoms with Crippen LogP contribution >= 0.6 is 11.6 Å². The third-order valence-corrected chi connectivity index (χ3v) is 4.01. The Morgan fingerprint density at radius 1 is 1.17 bits per heavy atom. The van der Waals surface area contributed by atoms with Crippen molar-refractivity contribution in [2.75, 3.05) is 11.9 Å². The van der Waals surface area contributed by atoms with Gasteiger partial charge in [0.25, 0.3) is 5.91 Å². The van der Waals surface area contributed by atoms with Crippen LogP contribution in [0.5, 0.6) is 5.75 Å². The number of hydrogen-bond acceptors (Lipinski definition) is 3. The van der Waals surface area contributed by atoms with Crippen LogP contribution in [0.15, 0.2) is 54.7 Å². The molecule has 0 fully saturated rings. The lowest BCUT2D eigenvalue weighted by atomic mass is 10.1. The van der Waals surface area contributed by atoms with E-state index in [9.17, 15) is 4.79 Å². The molecule has 5 heteroatoms. The van der Waals surface area contributed by atoms with E-state index in [-0.39, 0.29) is 12.5 Å². The van der Waals surface area contributed by atoms with Crippen molar-refractivity contribution in [2.45, 2.75) is 13.3 Å². The van der Waals surface area contributed by atoms with Gasteiger partial charge in [0.2, 0.25) is 0 Å². The van der Waals surface area contributed by atoms with E-state index >= 15 is 0 Å². The van der Waals surface area contributed by atoms with Crippen molar-refractivity contribution in [2.24, 2.45) is 0 Å². The highest BCUT2D eigenvalue weighted by Crippen LogP contribution is 2.29. The number of ether oxygens (including phenoxy) is 1. The summed E-state index contributed by atoms with van der Waals surface area (Å²) in [4.78, 5) is 16.3. The number of carbonyl (C=O) groups is 1. The third kappa shape index (κ3) is 3.66. The molecule has 0 unspecified atom stereocenters. The molecule has 1 aromatic heterocycles. The maximum absolute atomic E-state index is 12.1. The van der Waals surface area contributed by atoms with Crippen LogP contribution in [-0.4, -0.2) is 17.5 Å². The lowest BCUT2D eigenvalue weighted by Gasteiger charge is -2.10. The molecule has 4 nitrogen and oxygen atoms in total. The van der Waals surface area contributed by atoms with E-state index in [0.29, 0.717) is 16.3 Å². The molecule has 2 aromatic carbocycles. The number of nitrogens with one attached hydrogen (secondary N) is 1. The van der Waals surface area contributed by atoms with Crippen LogP contribution in [-0.2, 0) is 11.2 Å². The van der Waals surface area contributed by atoms with Crippen LogP contribution in [0.2, 0.25) is 5.02 Å². The Hall–Kier alpha value is -2.59. The van der Waals surface area contributed by atoms with Crippen LogP contribution in [0.25, 0.3) is 10.9 Å². The third-order valence-electron chi connectivity index (χ3n) is 3.68. The molecule has 3 aromatic rings. The van der Waals surface area contributed by atoms with Gasteiger partial charge in [-0.05, 0) is 48.4 Å². The molecule has 122 valence electrons. The molecule has 0 saturated carbocycles. The first-order valence-corrected chi connectivity index (χ1v) is 8.10. The summed E-state index contributed by atoms with van der Waals surface area (Å²) < 4.78 is 5.62. The Kier molecular flexibility index (Phi) is 4.96. The smallest absolute Gasteiger partial charge is 0.262 e. The van der Waals surface area contributed by atoms with Crippen LogP contribution < -0.4 is 10.1 Å². The molecule has 0 spiro atoms. The second-order valence-corrected chi connectivity index (χ2v) is 5.74. The number of pyridine rings is 1. The van der Waals surface area contributed by atoms with Gasteiger partial charge < -0.3 is 10.1 Å². The predicted octanol–water partition coefficient (Wildman–Crippen LogP) is 4.47. The Balaban J connectivity index is 1.67. The van der Waals surface area contributed by atoms with E-state index < -0.39 is 0 Å². The van der Waals surface area contributed by atoms with Gasteiger partial charge in [0.1, 0.15) is 11.3 Å². The Morgan fingerprint density at radius 3 is 2.71 bits per heavy atom. The van der Waals surface area contributed by atoms with Crippen molar-refractivity contribution in [1.82, 2.24) is 4.98 Å². The Labute approximate surface area is 145 Å². The highest BCUT2D eigenvalue weighted by molar-refractivity contribution is 6.35. The largest absolute Gasteiger partial charge is 0.481 e. The molecular weight excluding hydrogens is 324 g/mol. The number of carbonyl (C=O) groups excluding carboxylic acids is 1. The molecule has 0 bridgehead atoms. The second-order valence-electron chi connectivity index (χ2n) is 5.33. The summed E-state index contributed by atoms with van der Waals surface area (Å²) >= 11 is 6.15. The van der Waals surface area contributed by atoms with E-state index in [1.807, 2.05) is 36.4 Å². The first-order chi connectivity index (χ1) is 11.7. The molecule has 1 N–H and O–H groups in total. The first kappa shape index (κ1) is 16.3. The summed E-state index contributed by atoms with van der Waals surface area (Å²) in [6, 6.07) is 14.9. The molecule has 0 radical (unpaired) electrons. The monoisotopic (exact) mass is 340 g/mol. The summed E-state index contributed by atoms with van der Waals surface area (Å²) in [7, 11) is 0. The standard InChI is InChI=1S/C19H17ClN2O2/c1-2-13-5-7-14(8-6-13)22-18(23)12-24-17-10-9-16(20)15-4-3-11-21-19(15)17/h3-11H,2,12H2,1H3,(H,22,23). The maximum atomic E-state index is 12.1. The van der Waals surface area contributed by atoms with Gasteiger partial charge in [-0.2, -0.15) is 0 Å². The lowest BCUT2D eigenvalue weighted by molar-refractivity contribution is -0.118. The molecule has 1 heterocycles. The van der Waals surface area contributed by atoms with Crippen molar-refractivity contribution < 1.29 is 9.53 Å². The highest BCUT2D eigenvalue weighted by Gasteiger charge is 2.09. The van der Waals surface area contributed by atoms with Gasteiger partial charge in [-0.25, -0.2) is 0 Å². The summed E-state index contributed by atoms with van der Waals surface area (Å²) in [6.45, 7) is 1.99. The average molecular weight is 341 g/mol.